The highest BCUT2D eigenvalue weighted by atomic mass is 32.1. The van der Waals surface area contributed by atoms with Crippen molar-refractivity contribution in [3.63, 3.8) is 0 Å². The molecule has 5 aromatic rings. The summed E-state index contributed by atoms with van der Waals surface area (Å²) in [4.78, 5) is 92.7. The zero-order valence-electron chi connectivity index (χ0n) is 42.1. The summed E-state index contributed by atoms with van der Waals surface area (Å²) < 4.78 is 50.3. The average molecular weight is 1070 g/mol. The van der Waals surface area contributed by atoms with Gasteiger partial charge in [-0.3, -0.25) is 24.0 Å². The van der Waals surface area contributed by atoms with Crippen LogP contribution in [0.5, 0.6) is 28.7 Å². The molecular weight excluding hydrogens is 1010 g/mol. The van der Waals surface area contributed by atoms with Crippen molar-refractivity contribution in [1.29, 1.82) is 5.26 Å². The lowest BCUT2D eigenvalue weighted by atomic mass is 9.82. The second-order valence-corrected chi connectivity index (χ2v) is 19.0. The smallest absolute Gasteiger partial charge is 0.330 e. The molecule has 0 aliphatic heterocycles. The molecule has 1 aromatic heterocycles. The summed E-state index contributed by atoms with van der Waals surface area (Å²) in [5.41, 5.74) is 2.55. The third kappa shape index (κ3) is 16.3. The number of fused-ring (bicyclic) bond motifs is 1. The number of ether oxygens (including phenoxy) is 9. The molecule has 1 atom stereocenters. The van der Waals surface area contributed by atoms with Crippen LogP contribution in [-0.4, -0.2) is 85.9 Å². The van der Waals surface area contributed by atoms with E-state index in [1.54, 1.807) is 78.9 Å². The summed E-state index contributed by atoms with van der Waals surface area (Å²) in [6.07, 6.45) is 6.00. The maximum atomic E-state index is 13.7. The van der Waals surface area contributed by atoms with Gasteiger partial charge in [0.25, 0.3) is 0 Å². The Bertz CT molecular complexity index is 2980. The van der Waals surface area contributed by atoms with Crippen molar-refractivity contribution >= 4 is 63.2 Å². The number of aromatic nitrogens is 1. The molecule has 0 radical (unpaired) electrons. The fraction of sp³-hybridized carbons (Fsp3) is 0.328. The summed E-state index contributed by atoms with van der Waals surface area (Å²) in [6, 6.07) is 25.3. The number of carbonyl (C=O) groups excluding carboxylic acids is 7. The van der Waals surface area contributed by atoms with E-state index in [2.05, 4.69) is 25.8 Å². The standard InChI is InChI=1S/C58H56N2O16S/c1-4-43(61)32-68-35-72-45-22-26-47(27-23-45)75-56(65)40-13-11-39(12-14-40)55(64)69-30-29-37-19-28-49(52-53(37)77-54(60-52)38-9-7-36(31-59)8-10-38)76-58(67)42-17-15-41(16-18-42)57(66)74-46-24-20-44(21-25-46)70-33-48(73-51(63)6-3)34-71-50(62)5-2/h4-10,19-28,39-42,48H,1-3,11-18,29-30,32-35H2. The van der Waals surface area contributed by atoms with Crippen LogP contribution in [0.3, 0.4) is 0 Å². The van der Waals surface area contributed by atoms with Gasteiger partial charge in [0.1, 0.15) is 53.3 Å². The van der Waals surface area contributed by atoms with Gasteiger partial charge >= 0.3 is 35.8 Å². The zero-order chi connectivity index (χ0) is 54.7. The molecule has 4 aromatic carbocycles. The predicted molar refractivity (Wildman–Crippen MR) is 278 cm³/mol. The molecule has 1 unspecified atom stereocenters. The Morgan fingerprint density at radius 2 is 1.14 bits per heavy atom. The highest BCUT2D eigenvalue weighted by Crippen LogP contribution is 2.39. The normalized spacial score (nSPS) is 17.2. The van der Waals surface area contributed by atoms with Crippen molar-refractivity contribution in [3.05, 3.63) is 134 Å². The zero-order valence-corrected chi connectivity index (χ0v) is 42.9. The molecule has 2 aliphatic carbocycles. The van der Waals surface area contributed by atoms with E-state index in [0.29, 0.717) is 91.1 Å². The molecule has 2 aliphatic rings. The van der Waals surface area contributed by atoms with Crippen LogP contribution in [0.4, 0.5) is 0 Å². The van der Waals surface area contributed by atoms with Gasteiger partial charge in [0.2, 0.25) is 0 Å². The molecule has 18 nitrogen and oxygen atoms in total. The number of carbonyl (C=O) groups is 7. The first-order valence-electron chi connectivity index (χ1n) is 24.9. The van der Waals surface area contributed by atoms with Crippen LogP contribution in [0.15, 0.2) is 123 Å². The van der Waals surface area contributed by atoms with Crippen LogP contribution < -0.4 is 23.7 Å². The Hall–Kier alpha value is -8.47. The summed E-state index contributed by atoms with van der Waals surface area (Å²) >= 11 is 1.39. The van der Waals surface area contributed by atoms with Crippen molar-refractivity contribution in [2.24, 2.45) is 23.7 Å². The van der Waals surface area contributed by atoms with Crippen LogP contribution >= 0.6 is 11.3 Å². The van der Waals surface area contributed by atoms with E-state index in [1.165, 1.54) is 17.4 Å². The van der Waals surface area contributed by atoms with Gasteiger partial charge < -0.3 is 42.6 Å². The summed E-state index contributed by atoms with van der Waals surface area (Å²) in [5, 5.41) is 10.0. The Morgan fingerprint density at radius 1 is 0.610 bits per heavy atom. The monoisotopic (exact) mass is 1070 g/mol. The molecule has 77 heavy (non-hydrogen) atoms. The van der Waals surface area contributed by atoms with Gasteiger partial charge in [-0.25, -0.2) is 14.6 Å². The lowest BCUT2D eigenvalue weighted by Gasteiger charge is -2.26. The van der Waals surface area contributed by atoms with Gasteiger partial charge in [-0.15, -0.1) is 11.3 Å². The second-order valence-electron chi connectivity index (χ2n) is 18.0. The average Bonchev–Trinajstić information content (AvgIpc) is 3.98. The van der Waals surface area contributed by atoms with Gasteiger partial charge in [-0.1, -0.05) is 37.9 Å². The van der Waals surface area contributed by atoms with Gasteiger partial charge in [0.05, 0.1) is 46.6 Å². The Labute approximate surface area is 448 Å². The maximum Gasteiger partial charge on any atom is 0.330 e. The molecule has 0 saturated heterocycles. The van der Waals surface area contributed by atoms with Crippen molar-refractivity contribution in [1.82, 2.24) is 4.98 Å². The van der Waals surface area contributed by atoms with E-state index >= 15 is 0 Å². The minimum absolute atomic E-state index is 0.0816. The minimum atomic E-state index is -0.919. The van der Waals surface area contributed by atoms with Gasteiger partial charge in [-0.05, 0) is 130 Å². The van der Waals surface area contributed by atoms with Gasteiger partial charge in [-0.2, -0.15) is 5.26 Å². The molecule has 2 saturated carbocycles. The molecule has 0 bridgehead atoms. The molecule has 0 spiro atoms. The van der Waals surface area contributed by atoms with E-state index in [-0.39, 0.29) is 74.3 Å². The highest BCUT2D eigenvalue weighted by Gasteiger charge is 2.34. The van der Waals surface area contributed by atoms with Gasteiger partial charge in [0, 0.05) is 24.1 Å². The fourth-order valence-electron chi connectivity index (χ4n) is 8.50. The maximum absolute atomic E-state index is 13.7. The number of nitrogens with zero attached hydrogens (tertiary/aromatic N) is 2. The van der Waals surface area contributed by atoms with Gasteiger partial charge in [0.15, 0.2) is 24.4 Å². The van der Waals surface area contributed by atoms with Crippen molar-refractivity contribution in [2.75, 3.05) is 33.2 Å². The molecule has 1 heterocycles. The first-order valence-corrected chi connectivity index (χ1v) is 25.7. The van der Waals surface area contributed by atoms with Crippen molar-refractivity contribution in [3.8, 4) is 45.4 Å². The van der Waals surface area contributed by atoms with Crippen LogP contribution in [-0.2, 0) is 58.9 Å². The lowest BCUT2D eigenvalue weighted by molar-refractivity contribution is -0.154. The predicted octanol–water partition coefficient (Wildman–Crippen LogP) is 8.96. The molecule has 7 rings (SSSR count). The molecule has 0 amide bonds. The summed E-state index contributed by atoms with van der Waals surface area (Å²) in [6.45, 7) is 9.49. The topological polar surface area (TPSA) is 239 Å². The third-order valence-corrected chi connectivity index (χ3v) is 14.0. The molecule has 400 valence electrons. The minimum Gasteiger partial charge on any atom is -0.490 e. The number of hydrogen-bond acceptors (Lipinski definition) is 19. The number of benzene rings is 4. The number of thiazole rings is 1. The van der Waals surface area contributed by atoms with Crippen LogP contribution in [0, 0.1) is 35.0 Å². The molecular formula is C58H56N2O16S. The number of rotatable bonds is 25. The Morgan fingerprint density at radius 3 is 1.69 bits per heavy atom. The number of nitriles is 1. The van der Waals surface area contributed by atoms with E-state index in [9.17, 15) is 38.8 Å². The molecule has 19 heteroatoms. The second kappa shape index (κ2) is 27.9. The third-order valence-electron chi connectivity index (χ3n) is 12.8. The fourth-order valence-corrected chi connectivity index (χ4v) is 9.62. The van der Waals surface area contributed by atoms with Crippen LogP contribution in [0.25, 0.3) is 20.8 Å². The Kier molecular flexibility index (Phi) is 20.4. The largest absolute Gasteiger partial charge is 0.490 e. The van der Waals surface area contributed by atoms with E-state index in [1.807, 2.05) is 6.07 Å². The quantitative estimate of drug-likeness (QED) is 0.0132. The summed E-state index contributed by atoms with van der Waals surface area (Å²) in [7, 11) is 0. The highest BCUT2D eigenvalue weighted by molar-refractivity contribution is 7.21. The van der Waals surface area contributed by atoms with Crippen molar-refractivity contribution < 1.29 is 76.2 Å². The number of ketones is 1. The first-order chi connectivity index (χ1) is 37.3. The number of esters is 6. The van der Waals surface area contributed by atoms with E-state index < -0.39 is 41.8 Å². The van der Waals surface area contributed by atoms with Crippen LogP contribution in [0.2, 0.25) is 0 Å². The molecule has 0 N–H and O–H groups in total. The van der Waals surface area contributed by atoms with Crippen LogP contribution in [0.1, 0.15) is 62.5 Å². The lowest BCUT2D eigenvalue weighted by Crippen LogP contribution is -2.30. The Balaban J connectivity index is 0.886. The first kappa shape index (κ1) is 56.3. The SMILES string of the molecule is C=CC(=O)COCOc1ccc(OC(=O)C2CCC(C(=O)OCCc3ccc(OC(=O)C4CCC(C(=O)Oc5ccc(OCC(COC(=O)C=C)OC(=O)C=C)cc5)CC4)c4nc(-c5ccc(C#N)cc5)sc34)CC2)cc1. The number of hydrogen-bond donors (Lipinski definition) is 0. The van der Waals surface area contributed by atoms with E-state index in [0.717, 1.165) is 28.0 Å². The van der Waals surface area contributed by atoms with Crippen molar-refractivity contribution in [2.45, 2.75) is 63.9 Å². The summed E-state index contributed by atoms with van der Waals surface area (Å²) in [5.74, 6) is -3.22. The van der Waals surface area contributed by atoms with E-state index in [4.69, 9.17) is 47.6 Å². The molecule has 2 fully saturated rings.